The molecule has 0 aromatic carbocycles. The predicted octanol–water partition coefficient (Wildman–Crippen LogP) is -0.733. The number of nitrogens with one attached hydrogen (secondary N) is 1. The Balaban J connectivity index is 1.81. The topological polar surface area (TPSA) is 167 Å². The average Bonchev–Trinajstić information content (AvgIpc) is 2.94. The van der Waals surface area contributed by atoms with Crippen LogP contribution in [-0.4, -0.2) is 68.9 Å². The van der Waals surface area contributed by atoms with Crippen molar-refractivity contribution < 1.29 is 29.4 Å². The van der Waals surface area contributed by atoms with Gasteiger partial charge in [-0.05, 0) is 22.0 Å². The van der Waals surface area contributed by atoms with Gasteiger partial charge in [-0.25, -0.2) is 9.78 Å². The fourth-order valence-electron chi connectivity index (χ4n) is 2.95. The Hall–Kier alpha value is -2.51. The molecule has 0 aliphatic carbocycles. The molecule has 0 spiro atoms. The molecule has 5 N–H and O–H groups in total. The number of halogens is 1. The molecule has 0 radical (unpaired) electrons. The second kappa shape index (κ2) is 7.25. The Morgan fingerprint density at radius 3 is 2.81 bits per heavy atom. The molecular weight excluding hydrogens is 446 g/mol. The first-order valence-corrected chi connectivity index (χ1v) is 9.16. The first-order chi connectivity index (χ1) is 12.7. The van der Waals surface area contributed by atoms with Crippen LogP contribution < -0.4 is 11.1 Å². The Morgan fingerprint density at radius 1 is 1.56 bits per heavy atom. The van der Waals surface area contributed by atoms with E-state index >= 15 is 0 Å². The number of rotatable bonds is 5. The van der Waals surface area contributed by atoms with Crippen LogP contribution in [0, 0.1) is 0 Å². The minimum absolute atomic E-state index is 0.0948. The van der Waals surface area contributed by atoms with Gasteiger partial charge in [-0.3, -0.25) is 14.5 Å². The van der Waals surface area contributed by atoms with Gasteiger partial charge >= 0.3 is 5.97 Å². The lowest BCUT2D eigenvalue weighted by Crippen LogP contribution is -2.72. The number of carboxylic acid groups (broad SMARTS) is 1. The summed E-state index contributed by atoms with van der Waals surface area (Å²) in [5.74, 6) is -2.68. The summed E-state index contributed by atoms with van der Waals surface area (Å²) in [4.78, 5) is 46.0. The van der Waals surface area contributed by atoms with E-state index in [0.29, 0.717) is 3.79 Å². The van der Waals surface area contributed by atoms with Gasteiger partial charge in [-0.1, -0.05) is 16.5 Å². The molecule has 144 valence electrons. The lowest BCUT2D eigenvalue weighted by Gasteiger charge is -2.49. The molecule has 1 saturated heterocycles. The molecule has 2 amide bonds. The van der Waals surface area contributed by atoms with Gasteiger partial charge in [0.15, 0.2) is 10.8 Å². The fourth-order valence-corrected chi connectivity index (χ4v) is 4.28. The summed E-state index contributed by atoms with van der Waals surface area (Å²) in [6, 6.07) is -1.69. The third-order valence-electron chi connectivity index (χ3n) is 4.04. The number of hydrogen-bond acceptors (Lipinski definition) is 9. The van der Waals surface area contributed by atoms with Crippen LogP contribution in [0.5, 0.6) is 0 Å². The van der Waals surface area contributed by atoms with E-state index in [1.54, 1.807) is 0 Å². The highest BCUT2D eigenvalue weighted by atomic mass is 79.9. The van der Waals surface area contributed by atoms with E-state index < -0.39 is 36.0 Å². The summed E-state index contributed by atoms with van der Waals surface area (Å²) in [6.45, 7) is 0. The Kier molecular flexibility index (Phi) is 5.17. The van der Waals surface area contributed by atoms with E-state index in [1.807, 2.05) is 0 Å². The van der Waals surface area contributed by atoms with Crippen LogP contribution >= 0.6 is 27.3 Å². The summed E-state index contributed by atoms with van der Waals surface area (Å²) in [5.41, 5.74) is 5.26. The monoisotopic (exact) mass is 459 g/mol. The van der Waals surface area contributed by atoms with E-state index in [4.69, 9.17) is 5.73 Å². The maximum absolute atomic E-state index is 12.6. The summed E-state index contributed by atoms with van der Waals surface area (Å²) in [6.07, 6.45) is 0.156. The number of aliphatic carboxylic acids is 1. The number of amides is 2. The van der Waals surface area contributed by atoms with E-state index in [0.717, 1.165) is 22.3 Å². The van der Waals surface area contributed by atoms with Crippen molar-refractivity contribution in [1.29, 1.82) is 0 Å². The number of thiazole rings is 1. The van der Waals surface area contributed by atoms with Crippen LogP contribution in [0.3, 0.4) is 0 Å². The summed E-state index contributed by atoms with van der Waals surface area (Å²) >= 11 is 4.32. The number of aromatic nitrogens is 1. The van der Waals surface area contributed by atoms with Gasteiger partial charge in [0, 0.05) is 6.42 Å². The molecule has 11 nitrogen and oxygen atoms in total. The molecule has 27 heavy (non-hydrogen) atoms. The molecule has 3 heterocycles. The number of anilines is 1. The van der Waals surface area contributed by atoms with Crippen LogP contribution in [-0.2, 0) is 19.2 Å². The van der Waals surface area contributed by atoms with E-state index in [-0.39, 0.29) is 28.7 Å². The number of nitrogens with zero attached hydrogens (tertiary/aromatic N) is 3. The number of fused-ring (bicyclic) bond motifs is 1. The minimum atomic E-state index is -1.33. The molecule has 0 saturated carbocycles. The van der Waals surface area contributed by atoms with Crippen molar-refractivity contribution >= 4 is 55.9 Å². The molecule has 2 aliphatic rings. The molecule has 0 bridgehead atoms. The largest absolute Gasteiger partial charge is 0.477 e. The van der Waals surface area contributed by atoms with Crippen LogP contribution in [0.1, 0.15) is 12.1 Å². The van der Waals surface area contributed by atoms with Gasteiger partial charge in [0.05, 0.1) is 12.1 Å². The van der Waals surface area contributed by atoms with Crippen molar-refractivity contribution in [2.75, 3.05) is 12.8 Å². The fraction of sp³-hybridized carbons (Fsp3) is 0.357. The molecule has 1 unspecified atom stereocenters. The summed E-state index contributed by atoms with van der Waals surface area (Å²) in [5, 5.41) is 25.4. The lowest BCUT2D eigenvalue weighted by atomic mass is 9.85. The predicted molar refractivity (Wildman–Crippen MR) is 96.7 cm³/mol. The molecule has 2 aliphatic heterocycles. The summed E-state index contributed by atoms with van der Waals surface area (Å²) in [7, 11) is 1.24. The second-order valence-corrected chi connectivity index (χ2v) is 8.03. The number of nitrogens with two attached hydrogens (primary N) is 1. The number of carbonyl (C=O) groups is 3. The SMILES string of the molecule is CON=C(C(=O)N[C@H]1C(=O)N2C(C(=O)O)=C[C@H](O)CC12)c1nc(N)sc1Br. The number of aliphatic hydroxyl groups is 1. The summed E-state index contributed by atoms with van der Waals surface area (Å²) < 4.78 is 0.455. The van der Waals surface area contributed by atoms with Gasteiger partial charge < -0.3 is 26.1 Å². The molecule has 3 atom stereocenters. The van der Waals surface area contributed by atoms with E-state index in [2.05, 4.69) is 36.2 Å². The molecule has 1 aromatic rings. The van der Waals surface area contributed by atoms with E-state index in [9.17, 15) is 24.6 Å². The van der Waals surface area contributed by atoms with Crippen LogP contribution in [0.25, 0.3) is 0 Å². The van der Waals surface area contributed by atoms with E-state index in [1.165, 1.54) is 7.11 Å². The zero-order valence-electron chi connectivity index (χ0n) is 13.7. The van der Waals surface area contributed by atoms with Crippen molar-refractivity contribution in [3.05, 3.63) is 21.3 Å². The third-order valence-corrected chi connectivity index (χ3v) is 5.58. The number of carboxylic acids is 1. The molecule has 1 aromatic heterocycles. The Bertz CT molecular complexity index is 883. The number of carbonyl (C=O) groups excluding carboxylic acids is 2. The van der Waals surface area contributed by atoms with Crippen molar-refractivity contribution in [1.82, 2.24) is 15.2 Å². The zero-order chi connectivity index (χ0) is 19.9. The first kappa shape index (κ1) is 19.3. The van der Waals surface area contributed by atoms with Crippen molar-refractivity contribution in [2.45, 2.75) is 24.6 Å². The van der Waals surface area contributed by atoms with Gasteiger partial charge in [0.2, 0.25) is 0 Å². The Morgan fingerprint density at radius 2 is 2.26 bits per heavy atom. The average molecular weight is 460 g/mol. The van der Waals surface area contributed by atoms with Crippen molar-refractivity contribution in [2.24, 2.45) is 5.16 Å². The highest BCUT2D eigenvalue weighted by Crippen LogP contribution is 2.33. The lowest BCUT2D eigenvalue weighted by molar-refractivity contribution is -0.156. The highest BCUT2D eigenvalue weighted by molar-refractivity contribution is 9.11. The number of aliphatic hydroxyl groups excluding tert-OH is 1. The number of β-lactam (4-membered cyclic amide) rings is 1. The van der Waals surface area contributed by atoms with Gasteiger partial charge in [-0.15, -0.1) is 0 Å². The molecule has 13 heteroatoms. The number of oxime groups is 1. The van der Waals surface area contributed by atoms with Gasteiger partial charge in [0.25, 0.3) is 11.8 Å². The molecule has 3 rings (SSSR count). The second-order valence-electron chi connectivity index (χ2n) is 5.68. The highest BCUT2D eigenvalue weighted by Gasteiger charge is 2.53. The van der Waals surface area contributed by atoms with Gasteiger partial charge in [0.1, 0.15) is 28.3 Å². The number of hydrogen-bond donors (Lipinski definition) is 4. The van der Waals surface area contributed by atoms with Crippen LogP contribution in [0.4, 0.5) is 5.13 Å². The number of nitrogen functional groups attached to an aromatic ring is 1. The van der Waals surface area contributed by atoms with Crippen LogP contribution in [0.2, 0.25) is 0 Å². The van der Waals surface area contributed by atoms with Crippen LogP contribution in [0.15, 0.2) is 20.7 Å². The molecule has 1 fully saturated rings. The maximum Gasteiger partial charge on any atom is 0.352 e. The third kappa shape index (κ3) is 3.40. The van der Waals surface area contributed by atoms with Crippen molar-refractivity contribution in [3.63, 3.8) is 0 Å². The molecular formula is C14H14BrN5O6S. The smallest absolute Gasteiger partial charge is 0.352 e. The van der Waals surface area contributed by atoms with Gasteiger partial charge in [-0.2, -0.15) is 0 Å². The first-order valence-electron chi connectivity index (χ1n) is 7.55. The quantitative estimate of drug-likeness (QED) is 0.253. The maximum atomic E-state index is 12.6. The minimum Gasteiger partial charge on any atom is -0.477 e. The van der Waals surface area contributed by atoms with Crippen molar-refractivity contribution in [3.8, 4) is 0 Å². The Labute approximate surface area is 164 Å². The standard InChI is InChI=1S/C14H14BrN5O6S/c1-26-19-9(8-10(15)27-14(16)18-8)11(22)17-7-5-2-4(21)3-6(13(24)25)20(5)12(7)23/h3-5,7,21H,2H2,1H3,(H2,16,18)(H,17,22)(H,24,25)/t4-,5?,7-/m1/s1. The normalized spacial score (nSPS) is 24.6. The zero-order valence-corrected chi connectivity index (χ0v) is 16.2.